The van der Waals surface area contributed by atoms with Gasteiger partial charge in [-0.25, -0.2) is 9.48 Å². The van der Waals surface area contributed by atoms with Crippen molar-refractivity contribution in [1.29, 1.82) is 0 Å². The van der Waals surface area contributed by atoms with Gasteiger partial charge >= 0.3 is 5.97 Å². The number of rotatable bonds is 6. The lowest BCUT2D eigenvalue weighted by molar-refractivity contribution is -0.120. The summed E-state index contributed by atoms with van der Waals surface area (Å²) in [5.74, 6) is -0.293. The molecule has 0 radical (unpaired) electrons. The molecular weight excluding hydrogens is 395 g/mol. The molecule has 1 aliphatic rings. The van der Waals surface area contributed by atoms with Crippen molar-refractivity contribution in [2.45, 2.75) is 44.8 Å². The summed E-state index contributed by atoms with van der Waals surface area (Å²) in [6.07, 6.45) is 4.15. The Morgan fingerprint density at radius 2 is 2.15 bits per heavy atom. The fourth-order valence-electron chi connectivity index (χ4n) is 2.81. The Morgan fingerprint density at radius 1 is 1.30 bits per heavy atom. The van der Waals surface area contributed by atoms with Crippen LogP contribution >= 0.6 is 23.2 Å². The first-order valence-corrected chi connectivity index (χ1v) is 9.34. The number of aromatic nitrogens is 4. The van der Waals surface area contributed by atoms with Gasteiger partial charge in [0.1, 0.15) is 24.8 Å². The summed E-state index contributed by atoms with van der Waals surface area (Å²) in [6, 6.07) is 3.01. The number of hydrogen-bond acceptors (Lipinski definition) is 7. The van der Waals surface area contributed by atoms with E-state index in [2.05, 4.69) is 15.5 Å². The third-order valence-electron chi connectivity index (χ3n) is 4.19. The predicted octanol–water partition coefficient (Wildman–Crippen LogP) is 3.12. The molecule has 1 aromatic carbocycles. The molecule has 1 unspecified atom stereocenters. The highest BCUT2D eigenvalue weighted by atomic mass is 35.5. The van der Waals surface area contributed by atoms with Crippen LogP contribution in [-0.4, -0.2) is 44.7 Å². The Kier molecular flexibility index (Phi) is 6.63. The summed E-state index contributed by atoms with van der Waals surface area (Å²) >= 11 is 12.5. The maximum atomic E-state index is 12.5. The van der Waals surface area contributed by atoms with E-state index in [4.69, 9.17) is 32.7 Å². The predicted molar refractivity (Wildman–Crippen MR) is 97.1 cm³/mol. The Hall–Kier alpha value is -2.19. The number of ether oxygens (including phenoxy) is 2. The molecule has 144 valence electrons. The van der Waals surface area contributed by atoms with Crippen molar-refractivity contribution in [3.05, 3.63) is 34.1 Å². The standard InChI is InChI=1S/C17H18Cl2N4O4/c18-14-6-5-13(17(25)27-12-4-2-1-3-11(24)9-12)15(19)16(14)26-8-7-23-10-20-21-22-23/h5-6,10,12H,1-4,7-9H2. The van der Waals surface area contributed by atoms with E-state index in [0.29, 0.717) is 19.4 Å². The van der Waals surface area contributed by atoms with Crippen LogP contribution in [0.4, 0.5) is 0 Å². The number of carbonyl (C=O) groups is 2. The third kappa shape index (κ3) is 5.17. The lowest BCUT2D eigenvalue weighted by Crippen LogP contribution is -2.20. The van der Waals surface area contributed by atoms with E-state index >= 15 is 0 Å². The number of ketones is 1. The molecule has 0 spiro atoms. The Bertz CT molecular complexity index is 814. The average molecular weight is 413 g/mol. The highest BCUT2D eigenvalue weighted by Crippen LogP contribution is 2.36. The zero-order valence-electron chi connectivity index (χ0n) is 14.4. The van der Waals surface area contributed by atoms with Crippen LogP contribution in [0, 0.1) is 0 Å². The molecule has 8 nitrogen and oxygen atoms in total. The van der Waals surface area contributed by atoms with Crippen LogP contribution in [0.5, 0.6) is 5.75 Å². The normalized spacial score (nSPS) is 17.4. The molecule has 0 bridgehead atoms. The van der Waals surface area contributed by atoms with Gasteiger partial charge in [0.15, 0.2) is 5.75 Å². The minimum absolute atomic E-state index is 0.0733. The SMILES string of the molecule is O=C1CCCCC(OC(=O)c2ccc(Cl)c(OCCn3cnnn3)c2Cl)C1. The first-order chi connectivity index (χ1) is 13.0. The third-order valence-corrected chi connectivity index (χ3v) is 4.86. The van der Waals surface area contributed by atoms with Crippen molar-refractivity contribution in [2.24, 2.45) is 0 Å². The van der Waals surface area contributed by atoms with Gasteiger partial charge in [0.2, 0.25) is 0 Å². The van der Waals surface area contributed by atoms with E-state index < -0.39 is 12.1 Å². The average Bonchev–Trinajstić information content (AvgIpc) is 3.06. The molecule has 1 fully saturated rings. The van der Waals surface area contributed by atoms with Crippen LogP contribution in [-0.2, 0) is 16.1 Å². The monoisotopic (exact) mass is 412 g/mol. The molecule has 0 saturated heterocycles. The molecule has 1 atom stereocenters. The van der Waals surface area contributed by atoms with Crippen LogP contribution in [0.1, 0.15) is 42.5 Å². The van der Waals surface area contributed by atoms with Gasteiger partial charge < -0.3 is 9.47 Å². The van der Waals surface area contributed by atoms with Gasteiger partial charge in [-0.15, -0.1) is 5.10 Å². The molecule has 2 aromatic rings. The quantitative estimate of drug-likeness (QED) is 0.530. The fourth-order valence-corrected chi connectivity index (χ4v) is 3.37. The Labute approximate surface area is 165 Å². The van der Waals surface area contributed by atoms with E-state index in [0.717, 1.165) is 12.8 Å². The van der Waals surface area contributed by atoms with Gasteiger partial charge in [0, 0.05) is 12.8 Å². The van der Waals surface area contributed by atoms with Gasteiger partial charge in [-0.1, -0.05) is 23.2 Å². The molecular formula is C17H18Cl2N4O4. The first-order valence-electron chi connectivity index (χ1n) is 8.59. The van der Waals surface area contributed by atoms with Crippen LogP contribution in [0.25, 0.3) is 0 Å². The summed E-state index contributed by atoms with van der Waals surface area (Å²) < 4.78 is 12.6. The van der Waals surface area contributed by atoms with Crippen molar-refractivity contribution < 1.29 is 19.1 Å². The van der Waals surface area contributed by atoms with E-state index in [-0.39, 0.29) is 40.2 Å². The summed E-state index contributed by atoms with van der Waals surface area (Å²) in [7, 11) is 0. The number of esters is 1. The second-order valence-corrected chi connectivity index (χ2v) is 6.96. The second kappa shape index (κ2) is 9.14. The topological polar surface area (TPSA) is 96.2 Å². The number of tetrazole rings is 1. The summed E-state index contributed by atoms with van der Waals surface area (Å²) in [5.41, 5.74) is 0.148. The smallest absolute Gasteiger partial charge is 0.340 e. The molecule has 10 heteroatoms. The molecule has 1 heterocycles. The number of halogens is 2. The van der Waals surface area contributed by atoms with E-state index in [1.807, 2.05) is 0 Å². The molecule has 0 N–H and O–H groups in total. The Balaban J connectivity index is 1.67. The second-order valence-electron chi connectivity index (χ2n) is 6.18. The van der Waals surface area contributed by atoms with Gasteiger partial charge in [-0.3, -0.25) is 4.79 Å². The number of nitrogens with zero attached hydrogens (tertiary/aromatic N) is 4. The molecule has 1 aromatic heterocycles. The highest BCUT2D eigenvalue weighted by Gasteiger charge is 2.24. The van der Waals surface area contributed by atoms with Crippen molar-refractivity contribution in [3.63, 3.8) is 0 Å². The minimum atomic E-state index is -0.596. The number of benzene rings is 1. The van der Waals surface area contributed by atoms with E-state index in [9.17, 15) is 9.59 Å². The number of carbonyl (C=O) groups excluding carboxylic acids is 2. The molecule has 1 aliphatic carbocycles. The van der Waals surface area contributed by atoms with Gasteiger partial charge in [0.25, 0.3) is 0 Å². The van der Waals surface area contributed by atoms with Crippen molar-refractivity contribution >= 4 is 35.0 Å². The summed E-state index contributed by atoms with van der Waals surface area (Å²) in [4.78, 5) is 24.3. The van der Waals surface area contributed by atoms with Crippen molar-refractivity contribution in [2.75, 3.05) is 6.61 Å². The van der Waals surface area contributed by atoms with Gasteiger partial charge in [-0.05, 0) is 41.8 Å². The van der Waals surface area contributed by atoms with Crippen molar-refractivity contribution in [3.8, 4) is 5.75 Å². The number of Topliss-reactive ketones (excluding diaryl/α,β-unsaturated/α-hetero) is 1. The van der Waals surface area contributed by atoms with Crippen molar-refractivity contribution in [1.82, 2.24) is 20.2 Å². The highest BCUT2D eigenvalue weighted by molar-refractivity contribution is 6.39. The maximum Gasteiger partial charge on any atom is 0.340 e. The van der Waals surface area contributed by atoms with Crippen LogP contribution in [0.15, 0.2) is 18.5 Å². The molecule has 0 amide bonds. The zero-order valence-corrected chi connectivity index (χ0v) is 15.9. The molecule has 0 aliphatic heterocycles. The van der Waals surface area contributed by atoms with Crippen LogP contribution in [0.2, 0.25) is 10.0 Å². The molecule has 1 saturated carbocycles. The summed E-state index contributed by atoms with van der Waals surface area (Å²) in [6.45, 7) is 0.596. The first kappa shape index (κ1) is 19.6. The Morgan fingerprint density at radius 3 is 2.93 bits per heavy atom. The largest absolute Gasteiger partial charge is 0.488 e. The van der Waals surface area contributed by atoms with Crippen LogP contribution < -0.4 is 4.74 Å². The fraction of sp³-hybridized carbons (Fsp3) is 0.471. The minimum Gasteiger partial charge on any atom is -0.488 e. The van der Waals surface area contributed by atoms with E-state index in [1.54, 1.807) is 0 Å². The van der Waals surface area contributed by atoms with E-state index in [1.165, 1.54) is 23.1 Å². The summed E-state index contributed by atoms with van der Waals surface area (Å²) in [5, 5.41) is 11.1. The maximum absolute atomic E-state index is 12.5. The van der Waals surface area contributed by atoms with Gasteiger partial charge in [-0.2, -0.15) is 0 Å². The molecule has 27 heavy (non-hydrogen) atoms. The lowest BCUT2D eigenvalue weighted by Gasteiger charge is -2.17. The molecule has 3 rings (SSSR count). The number of hydrogen-bond donors (Lipinski definition) is 0. The van der Waals surface area contributed by atoms with Crippen LogP contribution in [0.3, 0.4) is 0 Å². The zero-order chi connectivity index (χ0) is 19.2. The van der Waals surface area contributed by atoms with Gasteiger partial charge in [0.05, 0.1) is 22.2 Å². The lowest BCUT2D eigenvalue weighted by atomic mass is 10.1.